The summed E-state index contributed by atoms with van der Waals surface area (Å²) in [4.78, 5) is 15.4. The van der Waals surface area contributed by atoms with E-state index in [4.69, 9.17) is 16.3 Å². The van der Waals surface area contributed by atoms with Crippen LogP contribution in [0.3, 0.4) is 0 Å². The number of nitrogens with one attached hydrogen (secondary N) is 1. The number of aliphatic hydroxyl groups excluding tert-OH is 1. The molecule has 9 heteroatoms. The normalized spacial score (nSPS) is 28.8. The summed E-state index contributed by atoms with van der Waals surface area (Å²) in [5.41, 5.74) is 3.50. The summed E-state index contributed by atoms with van der Waals surface area (Å²) in [5, 5.41) is 11.0. The second-order valence-corrected chi connectivity index (χ2v) is 14.4. The van der Waals surface area contributed by atoms with Gasteiger partial charge in [0.25, 0.3) is 5.91 Å². The lowest BCUT2D eigenvalue weighted by Gasteiger charge is -2.42. The Morgan fingerprint density at radius 3 is 2.71 bits per heavy atom. The van der Waals surface area contributed by atoms with Gasteiger partial charge in [0.15, 0.2) is 0 Å². The third-order valence-electron chi connectivity index (χ3n) is 8.99. The van der Waals surface area contributed by atoms with Crippen molar-refractivity contribution >= 4 is 33.2 Å². The van der Waals surface area contributed by atoms with Crippen LogP contribution in [0.5, 0.6) is 5.75 Å². The lowest BCUT2D eigenvalue weighted by Crippen LogP contribution is -2.44. The number of rotatable bonds is 4. The van der Waals surface area contributed by atoms with Crippen molar-refractivity contribution in [1.82, 2.24) is 4.72 Å². The van der Waals surface area contributed by atoms with E-state index in [9.17, 15) is 18.3 Å². The zero-order valence-electron chi connectivity index (χ0n) is 23.9. The molecule has 2 aliphatic heterocycles. The zero-order chi connectivity index (χ0) is 29.1. The molecule has 0 radical (unpaired) electrons. The first kappa shape index (κ1) is 29.9. The average Bonchev–Trinajstić information content (AvgIpc) is 3.10. The van der Waals surface area contributed by atoms with Gasteiger partial charge in [0, 0.05) is 29.6 Å². The standard InChI is InChI=1S/C32H41ClN2O5S/c1-3-4-8-22-16-26(33)12-14-27(22)25-19-35-18-24-10-13-28(24)30(36)9-6-5-7-21(2)41(38,39)34-32(37)23-11-15-31(40-20-25)29(35)17-23/h6,9,11-12,14-17,21,24-25,28,30,36H,3-5,7-8,10,13,18-20H2,1-2H3,(H,34,37)/b9-6+/t21-,24+,25+,28-,30+/m1/s1. The molecule has 0 unspecified atom stereocenters. The number of hydrogen-bond acceptors (Lipinski definition) is 6. The first-order valence-electron chi connectivity index (χ1n) is 14.9. The smallest absolute Gasteiger partial charge is 0.264 e. The van der Waals surface area contributed by atoms with Gasteiger partial charge in [0.1, 0.15) is 5.75 Å². The lowest BCUT2D eigenvalue weighted by molar-refractivity contribution is 0.0461. The van der Waals surface area contributed by atoms with Crippen molar-refractivity contribution in [3.05, 3.63) is 70.3 Å². The Bertz CT molecular complexity index is 1390. The molecule has 5 atom stereocenters. The van der Waals surface area contributed by atoms with Crippen LogP contribution in [0.2, 0.25) is 5.02 Å². The molecule has 2 aromatic carbocycles. The molecule has 1 amide bonds. The fourth-order valence-electron chi connectivity index (χ4n) is 6.26. The van der Waals surface area contributed by atoms with Crippen LogP contribution in [0.15, 0.2) is 48.6 Å². The van der Waals surface area contributed by atoms with Gasteiger partial charge in [-0.3, -0.25) is 4.79 Å². The van der Waals surface area contributed by atoms with Crippen molar-refractivity contribution in [1.29, 1.82) is 0 Å². The fourth-order valence-corrected chi connectivity index (χ4v) is 7.48. The van der Waals surface area contributed by atoms with Crippen LogP contribution in [-0.4, -0.2) is 50.5 Å². The molecule has 1 aliphatic carbocycles. The maximum absolute atomic E-state index is 13.2. The van der Waals surface area contributed by atoms with Crippen molar-refractivity contribution < 1.29 is 23.1 Å². The first-order valence-corrected chi connectivity index (χ1v) is 16.8. The minimum absolute atomic E-state index is 0.0685. The quantitative estimate of drug-likeness (QED) is 0.428. The van der Waals surface area contributed by atoms with Gasteiger partial charge in [-0.1, -0.05) is 43.2 Å². The lowest BCUT2D eigenvalue weighted by atomic mass is 9.70. The van der Waals surface area contributed by atoms with Crippen molar-refractivity contribution in [2.24, 2.45) is 11.8 Å². The molecule has 0 spiro atoms. The molecule has 3 aliphatic rings. The molecule has 0 aromatic heterocycles. The summed E-state index contributed by atoms with van der Waals surface area (Å²) in [6.07, 6.45) is 9.04. The molecule has 41 heavy (non-hydrogen) atoms. The van der Waals surface area contributed by atoms with Crippen molar-refractivity contribution in [2.45, 2.75) is 76.1 Å². The number of amides is 1. The minimum atomic E-state index is -3.86. The van der Waals surface area contributed by atoms with Crippen molar-refractivity contribution in [3.63, 3.8) is 0 Å². The van der Waals surface area contributed by atoms with Crippen LogP contribution in [0, 0.1) is 11.8 Å². The molecule has 7 nitrogen and oxygen atoms in total. The Morgan fingerprint density at radius 2 is 1.95 bits per heavy atom. The highest BCUT2D eigenvalue weighted by molar-refractivity contribution is 7.90. The number of nitrogens with zero attached hydrogens (tertiary/aromatic N) is 1. The number of carbonyl (C=O) groups excluding carboxylic acids is 1. The molecule has 2 bridgehead atoms. The molecule has 2 N–H and O–H groups in total. The SMILES string of the molecule is CCCCc1cc(Cl)ccc1[C@@H]1COc2ccc3cc2N(C1)C[C@@H]1CC[C@H]1[C@@H](O)/C=C/CC[C@@H](C)S(=O)(=O)NC3=O. The van der Waals surface area contributed by atoms with E-state index in [1.165, 1.54) is 11.1 Å². The predicted molar refractivity (Wildman–Crippen MR) is 163 cm³/mol. The Labute approximate surface area is 249 Å². The van der Waals surface area contributed by atoms with E-state index in [0.29, 0.717) is 38.3 Å². The van der Waals surface area contributed by atoms with Crippen molar-refractivity contribution in [2.75, 3.05) is 24.6 Å². The number of hydrogen-bond donors (Lipinski definition) is 2. The number of ether oxygens (including phenoxy) is 1. The van der Waals surface area contributed by atoms with Crippen molar-refractivity contribution in [3.8, 4) is 5.75 Å². The van der Waals surface area contributed by atoms with Crippen LogP contribution in [0.25, 0.3) is 0 Å². The van der Waals surface area contributed by atoms with Gasteiger partial charge < -0.3 is 14.7 Å². The van der Waals surface area contributed by atoms with Crippen LogP contribution in [0.1, 0.15) is 79.8 Å². The van der Waals surface area contributed by atoms with Gasteiger partial charge in [-0.25, -0.2) is 13.1 Å². The number of aliphatic hydroxyl groups is 1. The molecule has 2 aromatic rings. The monoisotopic (exact) mass is 600 g/mol. The van der Waals surface area contributed by atoms with Crippen LogP contribution >= 0.6 is 11.6 Å². The molecule has 222 valence electrons. The van der Waals surface area contributed by atoms with E-state index < -0.39 is 27.3 Å². The molecule has 2 heterocycles. The highest BCUT2D eigenvalue weighted by Crippen LogP contribution is 2.42. The van der Waals surface area contributed by atoms with E-state index >= 15 is 0 Å². The second kappa shape index (κ2) is 12.8. The van der Waals surface area contributed by atoms with E-state index in [0.717, 1.165) is 42.8 Å². The highest BCUT2D eigenvalue weighted by Gasteiger charge is 2.38. The number of carbonyl (C=O) groups is 1. The topological polar surface area (TPSA) is 95.9 Å². The number of sulfonamides is 1. The highest BCUT2D eigenvalue weighted by atomic mass is 35.5. The van der Waals surface area contributed by atoms with Gasteiger partial charge >= 0.3 is 0 Å². The summed E-state index contributed by atoms with van der Waals surface area (Å²) in [5.74, 6) is 0.518. The number of aryl methyl sites for hydroxylation is 1. The summed E-state index contributed by atoms with van der Waals surface area (Å²) in [7, 11) is -3.86. The Balaban J connectivity index is 1.53. The van der Waals surface area contributed by atoms with Gasteiger partial charge in [0.2, 0.25) is 10.0 Å². The zero-order valence-corrected chi connectivity index (χ0v) is 25.5. The number of anilines is 1. The molecule has 1 fully saturated rings. The largest absolute Gasteiger partial charge is 0.491 e. The minimum Gasteiger partial charge on any atom is -0.491 e. The van der Waals surface area contributed by atoms with E-state index in [-0.39, 0.29) is 23.3 Å². The second-order valence-electron chi connectivity index (χ2n) is 11.8. The van der Waals surface area contributed by atoms with Gasteiger partial charge in [-0.15, -0.1) is 0 Å². The number of fused-ring (bicyclic) bond motifs is 2. The fraction of sp³-hybridized carbons (Fsp3) is 0.531. The maximum atomic E-state index is 13.2. The molecule has 1 saturated carbocycles. The van der Waals surface area contributed by atoms with Gasteiger partial charge in [0.05, 0.1) is 23.6 Å². The molecule has 0 saturated heterocycles. The Kier molecular flexibility index (Phi) is 9.31. The third kappa shape index (κ3) is 6.76. The summed E-state index contributed by atoms with van der Waals surface area (Å²) in [6, 6.07) is 11.3. The summed E-state index contributed by atoms with van der Waals surface area (Å²) in [6.45, 7) is 5.63. The van der Waals surface area contributed by atoms with E-state index in [2.05, 4.69) is 28.7 Å². The third-order valence-corrected chi connectivity index (χ3v) is 11.0. The van der Waals surface area contributed by atoms with Crippen LogP contribution < -0.4 is 14.4 Å². The van der Waals surface area contributed by atoms with E-state index in [1.807, 2.05) is 18.2 Å². The number of allylic oxidation sites excluding steroid dienone is 1. The average molecular weight is 601 g/mol. The molecular formula is C32H41ClN2O5S. The molecular weight excluding hydrogens is 560 g/mol. The number of unbranched alkanes of at least 4 members (excludes halogenated alkanes) is 1. The van der Waals surface area contributed by atoms with Crippen LogP contribution in [0.4, 0.5) is 5.69 Å². The predicted octanol–water partition coefficient (Wildman–Crippen LogP) is 5.85. The molecule has 5 rings (SSSR count). The van der Waals surface area contributed by atoms with Gasteiger partial charge in [-0.05, 0) is 98.7 Å². The summed E-state index contributed by atoms with van der Waals surface area (Å²) >= 11 is 6.40. The van der Waals surface area contributed by atoms with Crippen LogP contribution in [-0.2, 0) is 16.4 Å². The van der Waals surface area contributed by atoms with Gasteiger partial charge in [-0.2, -0.15) is 0 Å². The number of benzene rings is 2. The Hall–Kier alpha value is -2.55. The maximum Gasteiger partial charge on any atom is 0.264 e. The van der Waals surface area contributed by atoms with E-state index in [1.54, 1.807) is 25.1 Å². The number of halogens is 1. The Morgan fingerprint density at radius 1 is 1.12 bits per heavy atom. The first-order chi connectivity index (χ1) is 19.7. The summed E-state index contributed by atoms with van der Waals surface area (Å²) < 4.78 is 34.5.